The van der Waals surface area contributed by atoms with Crippen LogP contribution in [0.25, 0.3) is 0 Å². The first-order valence-corrected chi connectivity index (χ1v) is 7.96. The molecule has 1 spiro atoms. The first-order chi connectivity index (χ1) is 8.88. The molecular formula is C11H18N2O5S. The zero-order valence-corrected chi connectivity index (χ0v) is 11.6. The average molecular weight is 290 g/mol. The molecule has 0 saturated carbocycles. The Morgan fingerprint density at radius 2 is 2.11 bits per heavy atom. The number of sulfonamides is 1. The van der Waals surface area contributed by atoms with Crippen molar-refractivity contribution < 1.29 is 23.2 Å². The van der Waals surface area contributed by atoms with E-state index in [1.165, 1.54) is 4.31 Å². The molecule has 0 aliphatic carbocycles. The fourth-order valence-electron chi connectivity index (χ4n) is 2.46. The molecule has 0 aromatic heterocycles. The summed E-state index contributed by atoms with van der Waals surface area (Å²) in [6.45, 7) is 2.56. The molecule has 8 heteroatoms. The second-order valence-corrected chi connectivity index (χ2v) is 7.10. The number of oxime groups is 1. The Balaban J connectivity index is 1.96. The molecule has 108 valence electrons. The molecule has 2 rings (SSSR count). The first-order valence-electron chi connectivity index (χ1n) is 6.35. The van der Waals surface area contributed by atoms with Crippen LogP contribution in [0.5, 0.6) is 0 Å². The summed E-state index contributed by atoms with van der Waals surface area (Å²) >= 11 is 0. The highest BCUT2D eigenvalue weighted by Crippen LogP contribution is 2.35. The van der Waals surface area contributed by atoms with Gasteiger partial charge in [0, 0.05) is 32.4 Å². The number of carboxylic acid groups (broad SMARTS) is 1. The van der Waals surface area contributed by atoms with Gasteiger partial charge in [0.2, 0.25) is 10.0 Å². The van der Waals surface area contributed by atoms with E-state index in [1.54, 1.807) is 0 Å². The Kier molecular flexibility index (Phi) is 3.82. The molecule has 0 bridgehead atoms. The van der Waals surface area contributed by atoms with E-state index in [0.717, 1.165) is 0 Å². The van der Waals surface area contributed by atoms with Gasteiger partial charge < -0.3 is 9.94 Å². The van der Waals surface area contributed by atoms with Crippen LogP contribution in [0.2, 0.25) is 0 Å². The molecule has 2 heterocycles. The summed E-state index contributed by atoms with van der Waals surface area (Å²) in [4.78, 5) is 16.1. The van der Waals surface area contributed by atoms with Crippen molar-refractivity contribution in [2.45, 2.75) is 38.2 Å². The van der Waals surface area contributed by atoms with Crippen LogP contribution in [0.4, 0.5) is 0 Å². The minimum Gasteiger partial charge on any atom is -0.477 e. The largest absolute Gasteiger partial charge is 0.477 e. The van der Waals surface area contributed by atoms with Crippen LogP contribution in [0.1, 0.15) is 32.6 Å². The Morgan fingerprint density at radius 1 is 1.47 bits per heavy atom. The molecule has 0 atom stereocenters. The smallest absolute Gasteiger partial charge is 0.353 e. The lowest BCUT2D eigenvalue weighted by Gasteiger charge is -2.36. The predicted octanol–water partition coefficient (Wildman–Crippen LogP) is 0.422. The van der Waals surface area contributed by atoms with Crippen LogP contribution >= 0.6 is 0 Å². The lowest BCUT2D eigenvalue weighted by Crippen LogP contribution is -2.47. The highest BCUT2D eigenvalue weighted by atomic mass is 32.2. The summed E-state index contributed by atoms with van der Waals surface area (Å²) in [6, 6.07) is 0. The van der Waals surface area contributed by atoms with E-state index in [9.17, 15) is 13.2 Å². The maximum Gasteiger partial charge on any atom is 0.353 e. The third-order valence-electron chi connectivity index (χ3n) is 3.58. The van der Waals surface area contributed by atoms with Gasteiger partial charge in [0.05, 0.1) is 5.75 Å². The maximum absolute atomic E-state index is 11.9. The van der Waals surface area contributed by atoms with Crippen molar-refractivity contribution in [3.8, 4) is 0 Å². The van der Waals surface area contributed by atoms with Crippen molar-refractivity contribution in [1.29, 1.82) is 0 Å². The van der Waals surface area contributed by atoms with Gasteiger partial charge in [0.15, 0.2) is 5.71 Å². The minimum atomic E-state index is -3.19. The van der Waals surface area contributed by atoms with Crippen LogP contribution in [-0.4, -0.2) is 54.0 Å². The lowest BCUT2D eigenvalue weighted by molar-refractivity contribution is -0.129. The normalized spacial score (nSPS) is 23.1. The maximum atomic E-state index is 11.9. The van der Waals surface area contributed by atoms with Gasteiger partial charge >= 0.3 is 5.97 Å². The topological polar surface area (TPSA) is 96.3 Å². The second kappa shape index (κ2) is 5.09. The van der Waals surface area contributed by atoms with E-state index < -0.39 is 21.6 Å². The number of carboxylic acids is 1. The van der Waals surface area contributed by atoms with Gasteiger partial charge in [0.1, 0.15) is 5.60 Å². The van der Waals surface area contributed by atoms with Crippen LogP contribution in [0.15, 0.2) is 5.16 Å². The van der Waals surface area contributed by atoms with E-state index in [1.807, 2.05) is 6.92 Å². The van der Waals surface area contributed by atoms with E-state index in [2.05, 4.69) is 5.16 Å². The Bertz CT molecular complexity index is 491. The third-order valence-corrected chi connectivity index (χ3v) is 5.65. The predicted molar refractivity (Wildman–Crippen MR) is 68.4 cm³/mol. The third kappa shape index (κ3) is 2.89. The average Bonchev–Trinajstić information content (AvgIpc) is 2.74. The molecule has 19 heavy (non-hydrogen) atoms. The molecular weight excluding hydrogens is 272 g/mol. The van der Waals surface area contributed by atoms with Gasteiger partial charge in [-0.2, -0.15) is 0 Å². The van der Waals surface area contributed by atoms with Gasteiger partial charge in [-0.05, 0) is 6.42 Å². The Labute approximate surface area is 112 Å². The van der Waals surface area contributed by atoms with E-state index in [4.69, 9.17) is 9.94 Å². The SMILES string of the molecule is CCCS(=O)(=O)N1CCC2(CC1)CC(C(=O)O)=NO2. The van der Waals surface area contributed by atoms with Crippen molar-refractivity contribution in [3.63, 3.8) is 0 Å². The van der Waals surface area contributed by atoms with Crippen LogP contribution < -0.4 is 0 Å². The van der Waals surface area contributed by atoms with Crippen LogP contribution in [0.3, 0.4) is 0 Å². The van der Waals surface area contributed by atoms with Gasteiger partial charge in [0.25, 0.3) is 0 Å². The van der Waals surface area contributed by atoms with Gasteiger partial charge in [-0.1, -0.05) is 12.1 Å². The Morgan fingerprint density at radius 3 is 2.58 bits per heavy atom. The fourth-order valence-corrected chi connectivity index (χ4v) is 3.98. The number of hydrogen-bond donors (Lipinski definition) is 1. The van der Waals surface area contributed by atoms with Crippen LogP contribution in [-0.2, 0) is 19.7 Å². The standard InChI is InChI=1S/C11H18N2O5S/c1-2-7-19(16,17)13-5-3-11(4-6-13)8-9(10(14)15)12-18-11/h2-8H2,1H3,(H,14,15). The lowest BCUT2D eigenvalue weighted by atomic mass is 9.88. The van der Waals surface area contributed by atoms with Crippen molar-refractivity contribution in [2.24, 2.45) is 5.16 Å². The monoisotopic (exact) mass is 290 g/mol. The number of hydrogen-bond acceptors (Lipinski definition) is 5. The highest BCUT2D eigenvalue weighted by molar-refractivity contribution is 7.89. The molecule has 1 N–H and O–H groups in total. The van der Waals surface area contributed by atoms with E-state index in [0.29, 0.717) is 32.4 Å². The van der Waals surface area contributed by atoms with Crippen molar-refractivity contribution in [1.82, 2.24) is 4.31 Å². The summed E-state index contributed by atoms with van der Waals surface area (Å²) < 4.78 is 25.3. The summed E-state index contributed by atoms with van der Waals surface area (Å²) in [5, 5.41) is 12.4. The van der Waals surface area contributed by atoms with Gasteiger partial charge in [-0.3, -0.25) is 0 Å². The van der Waals surface area contributed by atoms with Crippen molar-refractivity contribution >= 4 is 21.7 Å². The summed E-state index contributed by atoms with van der Waals surface area (Å²) in [5.41, 5.74) is -0.601. The molecule has 2 aliphatic rings. The van der Waals surface area contributed by atoms with Crippen molar-refractivity contribution in [3.05, 3.63) is 0 Å². The molecule has 0 radical (unpaired) electrons. The molecule has 1 saturated heterocycles. The molecule has 0 aromatic rings. The summed E-state index contributed by atoms with van der Waals surface area (Å²) in [6.07, 6.45) is 1.81. The van der Waals surface area contributed by atoms with Crippen molar-refractivity contribution in [2.75, 3.05) is 18.8 Å². The van der Waals surface area contributed by atoms with Crippen LogP contribution in [0, 0.1) is 0 Å². The number of piperidine rings is 1. The summed E-state index contributed by atoms with van der Waals surface area (Å²) in [7, 11) is -3.19. The zero-order valence-electron chi connectivity index (χ0n) is 10.8. The quantitative estimate of drug-likeness (QED) is 0.809. The summed E-state index contributed by atoms with van der Waals surface area (Å²) in [5.74, 6) is -0.921. The highest BCUT2D eigenvalue weighted by Gasteiger charge is 2.45. The molecule has 7 nitrogen and oxygen atoms in total. The zero-order chi connectivity index (χ0) is 14.1. The fraction of sp³-hybridized carbons (Fsp3) is 0.818. The molecule has 1 fully saturated rings. The number of carbonyl (C=O) groups is 1. The van der Waals surface area contributed by atoms with Gasteiger partial charge in [-0.15, -0.1) is 0 Å². The second-order valence-electron chi connectivity index (χ2n) is 5.01. The Hall–Kier alpha value is -1.15. The van der Waals surface area contributed by atoms with Gasteiger partial charge in [-0.25, -0.2) is 17.5 Å². The van der Waals surface area contributed by atoms with E-state index >= 15 is 0 Å². The molecule has 0 amide bonds. The number of aliphatic carboxylic acids is 1. The number of rotatable bonds is 4. The van der Waals surface area contributed by atoms with E-state index in [-0.39, 0.29) is 17.9 Å². The molecule has 0 unspecified atom stereocenters. The minimum absolute atomic E-state index is 0.0184. The molecule has 2 aliphatic heterocycles. The first kappa shape index (κ1) is 14.3. The molecule has 0 aromatic carbocycles. The number of nitrogens with zero attached hydrogens (tertiary/aromatic N) is 2.